The third kappa shape index (κ3) is 3.88. The number of H-pyrrole nitrogens is 1. The number of carbonyl (C=O) groups is 1. The zero-order valence-corrected chi connectivity index (χ0v) is 15.8. The quantitative estimate of drug-likeness (QED) is 0.645. The first kappa shape index (κ1) is 17.6. The molecule has 2 aromatic heterocycles. The number of nitrogens with one attached hydrogen (secondary N) is 2. The second-order valence-electron chi connectivity index (χ2n) is 5.84. The Hall–Kier alpha value is -2.25. The van der Waals surface area contributed by atoms with Gasteiger partial charge in [-0.2, -0.15) is 5.10 Å². The summed E-state index contributed by atoms with van der Waals surface area (Å²) in [6.45, 7) is 4.51. The molecule has 3 rings (SSSR count). The van der Waals surface area contributed by atoms with Gasteiger partial charge in [-0.05, 0) is 55.1 Å². The summed E-state index contributed by atoms with van der Waals surface area (Å²) in [6.07, 6.45) is 0.805. The van der Waals surface area contributed by atoms with E-state index in [1.54, 1.807) is 15.9 Å². The van der Waals surface area contributed by atoms with E-state index >= 15 is 0 Å². The molecular formula is C18H20N4OS2. The van der Waals surface area contributed by atoms with Gasteiger partial charge in [-0.3, -0.25) is 14.5 Å². The number of amides is 1. The van der Waals surface area contributed by atoms with Crippen LogP contribution < -0.4 is 5.32 Å². The SMILES string of the molecule is Cc1ccccc1CCNC(=O)C(C)n1c(-c2cccs2)n[nH]c1=S. The number of benzene rings is 1. The Morgan fingerprint density at radius 1 is 1.36 bits per heavy atom. The number of rotatable bonds is 6. The standard InChI is InChI=1S/C18H20N4OS2/c1-12-6-3-4-7-14(12)9-10-19-17(23)13(2)22-16(20-21-18(22)24)15-8-5-11-25-15/h3-8,11,13H,9-10H2,1-2H3,(H,19,23)(H,21,24). The molecule has 1 aromatic carbocycles. The molecule has 0 spiro atoms. The number of thiophene rings is 1. The van der Waals surface area contributed by atoms with E-state index in [0.717, 1.165) is 11.3 Å². The Morgan fingerprint density at radius 3 is 2.88 bits per heavy atom. The monoisotopic (exact) mass is 372 g/mol. The van der Waals surface area contributed by atoms with Crippen molar-refractivity contribution >= 4 is 29.5 Å². The highest BCUT2D eigenvalue weighted by Crippen LogP contribution is 2.25. The van der Waals surface area contributed by atoms with Gasteiger partial charge in [-0.1, -0.05) is 30.3 Å². The zero-order chi connectivity index (χ0) is 17.8. The number of carbonyl (C=O) groups excluding carboxylic acids is 1. The maximum absolute atomic E-state index is 12.6. The van der Waals surface area contributed by atoms with Crippen LogP contribution >= 0.6 is 23.6 Å². The molecule has 130 valence electrons. The normalized spacial score (nSPS) is 12.1. The molecule has 1 atom stereocenters. The van der Waals surface area contributed by atoms with Crippen LogP contribution in [0.3, 0.4) is 0 Å². The molecule has 0 aliphatic rings. The van der Waals surface area contributed by atoms with Crippen molar-refractivity contribution in [3.8, 4) is 10.7 Å². The summed E-state index contributed by atoms with van der Waals surface area (Å²) < 4.78 is 2.22. The predicted octanol–water partition coefficient (Wildman–Crippen LogP) is 3.90. The summed E-state index contributed by atoms with van der Waals surface area (Å²) >= 11 is 6.89. The summed E-state index contributed by atoms with van der Waals surface area (Å²) in [5.41, 5.74) is 2.48. The Morgan fingerprint density at radius 2 is 2.16 bits per heavy atom. The van der Waals surface area contributed by atoms with Crippen LogP contribution in [0.5, 0.6) is 0 Å². The van der Waals surface area contributed by atoms with E-state index in [4.69, 9.17) is 12.2 Å². The van der Waals surface area contributed by atoms with Crippen molar-refractivity contribution in [1.29, 1.82) is 0 Å². The number of hydrogen-bond donors (Lipinski definition) is 2. The van der Waals surface area contributed by atoms with E-state index in [1.165, 1.54) is 11.1 Å². The van der Waals surface area contributed by atoms with Gasteiger partial charge in [0.1, 0.15) is 6.04 Å². The zero-order valence-electron chi connectivity index (χ0n) is 14.2. The molecule has 2 heterocycles. The average molecular weight is 373 g/mol. The molecule has 5 nitrogen and oxygen atoms in total. The van der Waals surface area contributed by atoms with Gasteiger partial charge in [0, 0.05) is 6.54 Å². The van der Waals surface area contributed by atoms with Crippen molar-refractivity contribution in [3.05, 3.63) is 57.7 Å². The Balaban J connectivity index is 1.68. The van der Waals surface area contributed by atoms with E-state index in [0.29, 0.717) is 17.1 Å². The van der Waals surface area contributed by atoms with E-state index in [2.05, 4.69) is 34.6 Å². The number of aromatic nitrogens is 3. The van der Waals surface area contributed by atoms with Crippen molar-refractivity contribution in [1.82, 2.24) is 20.1 Å². The number of hydrogen-bond acceptors (Lipinski definition) is 4. The average Bonchev–Trinajstić information content (AvgIpc) is 3.25. The van der Waals surface area contributed by atoms with Crippen molar-refractivity contribution < 1.29 is 4.79 Å². The first-order chi connectivity index (χ1) is 12.1. The number of nitrogens with zero attached hydrogens (tertiary/aromatic N) is 2. The Kier molecular flexibility index (Phi) is 5.45. The van der Waals surface area contributed by atoms with E-state index in [9.17, 15) is 4.79 Å². The second-order valence-corrected chi connectivity index (χ2v) is 7.18. The lowest BCUT2D eigenvalue weighted by molar-refractivity contribution is -0.123. The lowest BCUT2D eigenvalue weighted by Gasteiger charge is -2.15. The van der Waals surface area contributed by atoms with Crippen LogP contribution in [0.2, 0.25) is 0 Å². The number of aromatic amines is 1. The van der Waals surface area contributed by atoms with Crippen molar-refractivity contribution in [2.45, 2.75) is 26.3 Å². The second kappa shape index (κ2) is 7.76. The fourth-order valence-electron chi connectivity index (χ4n) is 2.72. The van der Waals surface area contributed by atoms with Gasteiger partial charge in [0.15, 0.2) is 10.6 Å². The lowest BCUT2D eigenvalue weighted by Crippen LogP contribution is -2.32. The van der Waals surface area contributed by atoms with Crippen molar-refractivity contribution in [2.24, 2.45) is 0 Å². The molecule has 0 aliphatic heterocycles. The molecule has 1 amide bonds. The molecule has 0 saturated carbocycles. The van der Waals surface area contributed by atoms with Crippen LogP contribution in [0.15, 0.2) is 41.8 Å². The Labute approximate surface area is 155 Å². The van der Waals surface area contributed by atoms with Gasteiger partial charge in [0.2, 0.25) is 5.91 Å². The molecule has 2 N–H and O–H groups in total. The van der Waals surface area contributed by atoms with Gasteiger partial charge in [0.05, 0.1) is 4.88 Å². The minimum Gasteiger partial charge on any atom is -0.354 e. The fraction of sp³-hybridized carbons (Fsp3) is 0.278. The molecule has 0 aliphatic carbocycles. The van der Waals surface area contributed by atoms with Gasteiger partial charge in [0.25, 0.3) is 0 Å². The van der Waals surface area contributed by atoms with Crippen molar-refractivity contribution in [2.75, 3.05) is 6.54 Å². The topological polar surface area (TPSA) is 62.7 Å². The van der Waals surface area contributed by atoms with Gasteiger partial charge >= 0.3 is 0 Å². The first-order valence-corrected chi connectivity index (χ1v) is 9.39. The van der Waals surface area contributed by atoms with E-state index in [1.807, 2.05) is 36.6 Å². The Bertz CT molecular complexity index is 911. The van der Waals surface area contributed by atoms with Crippen molar-refractivity contribution in [3.63, 3.8) is 0 Å². The molecule has 25 heavy (non-hydrogen) atoms. The molecule has 1 unspecified atom stereocenters. The van der Waals surface area contributed by atoms with Crippen LogP contribution in [0.25, 0.3) is 10.7 Å². The highest BCUT2D eigenvalue weighted by atomic mass is 32.1. The fourth-order valence-corrected chi connectivity index (χ4v) is 3.72. The third-order valence-electron chi connectivity index (χ3n) is 4.17. The highest BCUT2D eigenvalue weighted by molar-refractivity contribution is 7.71. The maximum atomic E-state index is 12.6. The van der Waals surface area contributed by atoms with Gasteiger partial charge in [-0.25, -0.2) is 0 Å². The smallest absolute Gasteiger partial charge is 0.242 e. The highest BCUT2D eigenvalue weighted by Gasteiger charge is 2.21. The molecule has 0 radical (unpaired) electrons. The summed E-state index contributed by atoms with van der Waals surface area (Å²) in [6, 6.07) is 11.7. The molecule has 0 fully saturated rings. The molecule has 0 saturated heterocycles. The maximum Gasteiger partial charge on any atom is 0.242 e. The van der Waals surface area contributed by atoms with E-state index in [-0.39, 0.29) is 5.91 Å². The van der Waals surface area contributed by atoms with Crippen LogP contribution in [-0.4, -0.2) is 27.2 Å². The summed E-state index contributed by atoms with van der Waals surface area (Å²) in [7, 11) is 0. The lowest BCUT2D eigenvalue weighted by atomic mass is 10.1. The summed E-state index contributed by atoms with van der Waals surface area (Å²) in [5, 5.41) is 12.0. The number of aryl methyl sites for hydroxylation is 1. The van der Waals surface area contributed by atoms with Crippen LogP contribution in [0.1, 0.15) is 24.1 Å². The molecular weight excluding hydrogens is 352 g/mol. The molecule has 0 bridgehead atoms. The van der Waals surface area contributed by atoms with E-state index < -0.39 is 6.04 Å². The molecule has 3 aromatic rings. The summed E-state index contributed by atoms with van der Waals surface area (Å²) in [4.78, 5) is 13.6. The minimum absolute atomic E-state index is 0.0658. The largest absolute Gasteiger partial charge is 0.354 e. The third-order valence-corrected chi connectivity index (χ3v) is 5.32. The minimum atomic E-state index is -0.430. The van der Waals surface area contributed by atoms with Gasteiger partial charge < -0.3 is 5.32 Å². The molecule has 7 heteroatoms. The van der Waals surface area contributed by atoms with Gasteiger partial charge in [-0.15, -0.1) is 11.3 Å². The predicted molar refractivity (Wildman–Crippen MR) is 103 cm³/mol. The van der Waals surface area contributed by atoms with Crippen LogP contribution in [0.4, 0.5) is 0 Å². The summed E-state index contributed by atoms with van der Waals surface area (Å²) in [5.74, 6) is 0.630. The van der Waals surface area contributed by atoms with Crippen LogP contribution in [0, 0.1) is 11.7 Å². The first-order valence-electron chi connectivity index (χ1n) is 8.11. The van der Waals surface area contributed by atoms with Crippen LogP contribution in [-0.2, 0) is 11.2 Å².